The average Bonchev–Trinajstić information content (AvgIpc) is 3.03. The van der Waals surface area contributed by atoms with Gasteiger partial charge in [0.25, 0.3) is 0 Å². The quantitative estimate of drug-likeness (QED) is 0.748. The molecule has 0 radical (unpaired) electrons. The number of rotatable bonds is 1. The highest BCUT2D eigenvalue weighted by molar-refractivity contribution is 5.83. The molecule has 3 rings (SSSR count). The Morgan fingerprint density at radius 3 is 2.55 bits per heavy atom. The highest BCUT2D eigenvalue weighted by Gasteiger charge is 2.44. The highest BCUT2D eigenvalue weighted by Crippen LogP contribution is 2.37. The maximum Gasteiger partial charge on any atom is 0.326 e. The molecule has 2 N–H and O–H groups in total. The molecule has 2 saturated heterocycles. The molecule has 3 fully saturated rings. The van der Waals surface area contributed by atoms with Crippen LogP contribution >= 0.6 is 0 Å². The van der Waals surface area contributed by atoms with Crippen LogP contribution in [0.15, 0.2) is 0 Å². The van der Waals surface area contributed by atoms with E-state index in [2.05, 4.69) is 0 Å². The third-order valence-electron chi connectivity index (χ3n) is 5.05. The molecule has 4 atom stereocenters. The second kappa shape index (κ2) is 5.24. The molecule has 20 heavy (non-hydrogen) atoms. The summed E-state index contributed by atoms with van der Waals surface area (Å²) < 4.78 is 0. The summed E-state index contributed by atoms with van der Waals surface area (Å²) >= 11 is 0. The maximum atomic E-state index is 12.7. The van der Waals surface area contributed by atoms with Crippen molar-refractivity contribution < 1.29 is 19.8 Å². The number of carboxylic acids is 1. The fourth-order valence-electron chi connectivity index (χ4n) is 4.12. The van der Waals surface area contributed by atoms with Gasteiger partial charge in [0, 0.05) is 25.6 Å². The van der Waals surface area contributed by atoms with Crippen LogP contribution in [0.4, 0.5) is 4.79 Å². The molecule has 1 aliphatic carbocycles. The maximum absolute atomic E-state index is 12.7. The van der Waals surface area contributed by atoms with Crippen molar-refractivity contribution >= 4 is 12.0 Å². The fourth-order valence-corrected chi connectivity index (χ4v) is 4.12. The van der Waals surface area contributed by atoms with Crippen LogP contribution in [0.1, 0.15) is 38.5 Å². The van der Waals surface area contributed by atoms with Gasteiger partial charge >= 0.3 is 12.0 Å². The van der Waals surface area contributed by atoms with Gasteiger partial charge in [-0.15, -0.1) is 0 Å². The molecule has 6 nitrogen and oxygen atoms in total. The number of piperidine rings is 1. The van der Waals surface area contributed by atoms with Crippen molar-refractivity contribution in [2.24, 2.45) is 5.92 Å². The van der Waals surface area contributed by atoms with Gasteiger partial charge in [0.2, 0.25) is 0 Å². The number of hydrogen-bond donors (Lipinski definition) is 2. The van der Waals surface area contributed by atoms with Gasteiger partial charge in [-0.05, 0) is 31.6 Å². The second-order valence-corrected chi connectivity index (χ2v) is 6.27. The lowest BCUT2D eigenvalue weighted by molar-refractivity contribution is -0.141. The van der Waals surface area contributed by atoms with Crippen LogP contribution in [0.5, 0.6) is 0 Å². The van der Waals surface area contributed by atoms with E-state index in [1.165, 1.54) is 17.7 Å². The third kappa shape index (κ3) is 2.26. The molecule has 3 aliphatic rings. The number of nitrogens with zero attached hydrogens (tertiary/aromatic N) is 2. The van der Waals surface area contributed by atoms with Crippen LogP contribution in [0.2, 0.25) is 0 Å². The second-order valence-electron chi connectivity index (χ2n) is 6.27. The largest absolute Gasteiger partial charge is 0.480 e. The van der Waals surface area contributed by atoms with Crippen molar-refractivity contribution in [2.75, 3.05) is 13.1 Å². The SMILES string of the molecule is O=C(O)[C@@H]1C[C@@H](O)CN1C(=O)N1CCCC2CCCC21. The van der Waals surface area contributed by atoms with E-state index in [-0.39, 0.29) is 25.0 Å². The first kappa shape index (κ1) is 13.7. The molecule has 6 heteroatoms. The van der Waals surface area contributed by atoms with Crippen LogP contribution in [-0.2, 0) is 4.79 Å². The molecule has 0 aromatic heterocycles. The van der Waals surface area contributed by atoms with E-state index in [0.717, 1.165) is 25.8 Å². The number of carbonyl (C=O) groups is 2. The monoisotopic (exact) mass is 282 g/mol. The normalized spacial score (nSPS) is 37.0. The fraction of sp³-hybridized carbons (Fsp3) is 0.857. The Morgan fingerprint density at radius 1 is 1.05 bits per heavy atom. The third-order valence-corrected chi connectivity index (χ3v) is 5.05. The van der Waals surface area contributed by atoms with Gasteiger partial charge in [0.15, 0.2) is 0 Å². The Kier molecular flexibility index (Phi) is 3.58. The zero-order chi connectivity index (χ0) is 14.3. The summed E-state index contributed by atoms with van der Waals surface area (Å²) in [5.41, 5.74) is 0. The molecule has 2 amide bonds. The van der Waals surface area contributed by atoms with Gasteiger partial charge in [-0.1, -0.05) is 6.42 Å². The Bertz CT molecular complexity index is 414. The van der Waals surface area contributed by atoms with Crippen LogP contribution in [0.3, 0.4) is 0 Å². The van der Waals surface area contributed by atoms with Crippen LogP contribution in [0, 0.1) is 5.92 Å². The number of fused-ring (bicyclic) bond motifs is 1. The van der Waals surface area contributed by atoms with Gasteiger partial charge in [-0.25, -0.2) is 9.59 Å². The number of urea groups is 1. The molecule has 0 spiro atoms. The van der Waals surface area contributed by atoms with Gasteiger partial charge in [0.1, 0.15) is 6.04 Å². The zero-order valence-corrected chi connectivity index (χ0v) is 11.6. The Balaban J connectivity index is 1.75. The average molecular weight is 282 g/mol. The number of hydrogen-bond acceptors (Lipinski definition) is 3. The topological polar surface area (TPSA) is 81.1 Å². The van der Waals surface area contributed by atoms with Crippen LogP contribution in [0.25, 0.3) is 0 Å². The first-order chi connectivity index (χ1) is 9.58. The van der Waals surface area contributed by atoms with Crippen molar-refractivity contribution in [2.45, 2.75) is 56.7 Å². The minimum atomic E-state index is -1.02. The van der Waals surface area contributed by atoms with Crippen LogP contribution in [-0.4, -0.2) is 63.3 Å². The smallest absolute Gasteiger partial charge is 0.326 e. The van der Waals surface area contributed by atoms with E-state index in [1.54, 1.807) is 0 Å². The van der Waals surface area contributed by atoms with E-state index in [9.17, 15) is 19.8 Å². The van der Waals surface area contributed by atoms with Crippen molar-refractivity contribution in [1.29, 1.82) is 0 Å². The molecule has 1 saturated carbocycles. The summed E-state index contributed by atoms with van der Waals surface area (Å²) in [6, 6.07) is -0.784. The number of aliphatic hydroxyl groups excluding tert-OH is 1. The van der Waals surface area contributed by atoms with E-state index in [4.69, 9.17) is 0 Å². The van der Waals surface area contributed by atoms with E-state index in [0.29, 0.717) is 5.92 Å². The van der Waals surface area contributed by atoms with Gasteiger partial charge in [-0.2, -0.15) is 0 Å². The van der Waals surface area contributed by atoms with E-state index in [1.807, 2.05) is 4.90 Å². The lowest BCUT2D eigenvalue weighted by Gasteiger charge is -2.40. The first-order valence-corrected chi connectivity index (χ1v) is 7.56. The van der Waals surface area contributed by atoms with Crippen molar-refractivity contribution in [1.82, 2.24) is 9.80 Å². The summed E-state index contributed by atoms with van der Waals surface area (Å²) in [7, 11) is 0. The zero-order valence-electron chi connectivity index (χ0n) is 11.6. The predicted octanol–water partition coefficient (Wildman–Crippen LogP) is 0.891. The lowest BCUT2D eigenvalue weighted by atomic mass is 9.92. The molecule has 112 valence electrons. The van der Waals surface area contributed by atoms with Crippen molar-refractivity contribution in [3.05, 3.63) is 0 Å². The molecule has 2 heterocycles. The number of β-amino-alcohol motifs (C(OH)–C–C–N with tert-alkyl or cyclic N) is 1. The van der Waals surface area contributed by atoms with Gasteiger partial charge < -0.3 is 20.0 Å². The van der Waals surface area contributed by atoms with E-state index < -0.39 is 18.1 Å². The summed E-state index contributed by atoms with van der Waals surface area (Å²) in [6.45, 7) is 0.864. The van der Waals surface area contributed by atoms with Crippen LogP contribution < -0.4 is 0 Å². The summed E-state index contributed by atoms with van der Waals surface area (Å²) in [5, 5.41) is 18.9. The minimum Gasteiger partial charge on any atom is -0.480 e. The standard InChI is InChI=1S/C14H22N2O4/c17-10-7-12(13(18)19)16(8-10)14(20)15-6-2-4-9-3-1-5-11(9)15/h9-12,17H,1-8H2,(H,18,19)/t9?,10-,11?,12+/m1/s1. The number of likely N-dealkylation sites (tertiary alicyclic amines) is 2. The predicted molar refractivity (Wildman–Crippen MR) is 71.2 cm³/mol. The Labute approximate surface area is 118 Å². The highest BCUT2D eigenvalue weighted by atomic mass is 16.4. The number of amides is 2. The van der Waals surface area contributed by atoms with Crippen molar-refractivity contribution in [3.63, 3.8) is 0 Å². The number of aliphatic hydroxyl groups is 1. The number of aliphatic carboxylic acids is 1. The Morgan fingerprint density at radius 2 is 1.80 bits per heavy atom. The molecule has 2 aliphatic heterocycles. The molecular weight excluding hydrogens is 260 g/mol. The van der Waals surface area contributed by atoms with Crippen molar-refractivity contribution in [3.8, 4) is 0 Å². The molecule has 0 bridgehead atoms. The molecule has 0 aromatic carbocycles. The lowest BCUT2D eigenvalue weighted by Crippen LogP contribution is -2.54. The molecule has 2 unspecified atom stereocenters. The summed E-state index contributed by atoms with van der Waals surface area (Å²) in [6.07, 6.45) is 4.97. The minimum absolute atomic E-state index is 0.142. The Hall–Kier alpha value is -1.30. The first-order valence-electron chi connectivity index (χ1n) is 7.56. The van der Waals surface area contributed by atoms with E-state index >= 15 is 0 Å². The molecule has 0 aromatic rings. The number of carboxylic acid groups (broad SMARTS) is 1. The summed E-state index contributed by atoms with van der Waals surface area (Å²) in [4.78, 5) is 27.2. The molecular formula is C14H22N2O4. The summed E-state index contributed by atoms with van der Waals surface area (Å²) in [5.74, 6) is -0.432. The van der Waals surface area contributed by atoms with Gasteiger partial charge in [-0.3, -0.25) is 0 Å². The van der Waals surface area contributed by atoms with Gasteiger partial charge in [0.05, 0.1) is 6.10 Å². The number of carbonyl (C=O) groups excluding carboxylic acids is 1.